The van der Waals surface area contributed by atoms with Gasteiger partial charge < -0.3 is 14.6 Å². The summed E-state index contributed by atoms with van der Waals surface area (Å²) in [5, 5.41) is 12.3. The van der Waals surface area contributed by atoms with Gasteiger partial charge in [0.15, 0.2) is 0 Å². The monoisotopic (exact) mass is 385 g/mol. The largest absolute Gasteiger partial charge is 0.497 e. The van der Waals surface area contributed by atoms with Gasteiger partial charge in [0.2, 0.25) is 0 Å². The smallest absolute Gasteiger partial charge is 0.266 e. The first-order valence-electron chi connectivity index (χ1n) is 9.26. The van der Waals surface area contributed by atoms with Gasteiger partial charge in [-0.3, -0.25) is 4.79 Å². The highest BCUT2D eigenvalue weighted by molar-refractivity contribution is 6.09. The minimum atomic E-state index is -0.446. The molecule has 0 atom stereocenters. The van der Waals surface area contributed by atoms with E-state index in [9.17, 15) is 10.1 Å². The molecule has 1 heterocycles. The zero-order valence-corrected chi connectivity index (χ0v) is 17.0. The van der Waals surface area contributed by atoms with E-state index in [2.05, 4.69) is 28.9 Å². The lowest BCUT2D eigenvalue weighted by Gasteiger charge is -2.12. The predicted octanol–water partition coefficient (Wildman–Crippen LogP) is 4.96. The van der Waals surface area contributed by atoms with Crippen molar-refractivity contribution in [2.24, 2.45) is 0 Å². The summed E-state index contributed by atoms with van der Waals surface area (Å²) < 4.78 is 7.25. The van der Waals surface area contributed by atoms with Crippen molar-refractivity contribution in [3.63, 3.8) is 0 Å². The summed E-state index contributed by atoms with van der Waals surface area (Å²) >= 11 is 0. The van der Waals surface area contributed by atoms with Crippen LogP contribution < -0.4 is 10.1 Å². The topological polar surface area (TPSA) is 67.0 Å². The number of benzene rings is 2. The minimum Gasteiger partial charge on any atom is -0.497 e. The molecule has 0 aliphatic rings. The highest BCUT2D eigenvalue weighted by Crippen LogP contribution is 2.25. The number of carbonyl (C=O) groups is 1. The zero-order valence-electron chi connectivity index (χ0n) is 17.0. The molecule has 5 heteroatoms. The molecule has 5 nitrogen and oxygen atoms in total. The van der Waals surface area contributed by atoms with Gasteiger partial charge in [0, 0.05) is 22.8 Å². The Morgan fingerprint density at radius 2 is 1.79 bits per heavy atom. The van der Waals surface area contributed by atoms with Crippen molar-refractivity contribution in [1.29, 1.82) is 5.26 Å². The number of nitriles is 1. The van der Waals surface area contributed by atoms with Gasteiger partial charge in [0.25, 0.3) is 5.91 Å². The second-order valence-corrected chi connectivity index (χ2v) is 6.80. The summed E-state index contributed by atoms with van der Waals surface area (Å²) in [6, 6.07) is 19.1. The van der Waals surface area contributed by atoms with Gasteiger partial charge >= 0.3 is 0 Å². The van der Waals surface area contributed by atoms with Crippen molar-refractivity contribution >= 4 is 17.7 Å². The van der Waals surface area contributed by atoms with Crippen LogP contribution in [0, 0.1) is 32.1 Å². The van der Waals surface area contributed by atoms with Gasteiger partial charge in [-0.25, -0.2) is 0 Å². The summed E-state index contributed by atoms with van der Waals surface area (Å²) in [7, 11) is 1.58. The molecule has 0 saturated carbocycles. The Bertz CT molecular complexity index is 1120. The first kappa shape index (κ1) is 20.0. The van der Waals surface area contributed by atoms with Crippen molar-refractivity contribution in [1.82, 2.24) is 4.57 Å². The third-order valence-electron chi connectivity index (χ3n) is 4.84. The number of hydrogen-bond acceptors (Lipinski definition) is 3. The van der Waals surface area contributed by atoms with Gasteiger partial charge in [-0.2, -0.15) is 5.26 Å². The maximum atomic E-state index is 12.6. The molecule has 3 rings (SSSR count). The van der Waals surface area contributed by atoms with Crippen molar-refractivity contribution in [3.8, 4) is 17.5 Å². The maximum Gasteiger partial charge on any atom is 0.266 e. The SMILES string of the molecule is COc1ccc(NC(=O)/C(C#N)=C/c2cc(C)n(-c3ccccc3C)c2C)cc1. The van der Waals surface area contributed by atoms with Crippen LogP contribution >= 0.6 is 0 Å². The minimum absolute atomic E-state index is 0.0471. The van der Waals surface area contributed by atoms with Gasteiger partial charge in [0.05, 0.1) is 7.11 Å². The average molecular weight is 385 g/mol. The number of nitrogens with zero attached hydrogens (tertiary/aromatic N) is 2. The molecular weight excluding hydrogens is 362 g/mol. The van der Waals surface area contributed by atoms with Crippen molar-refractivity contribution in [2.45, 2.75) is 20.8 Å². The van der Waals surface area contributed by atoms with Crippen LogP contribution in [0.1, 0.15) is 22.5 Å². The Hall–Kier alpha value is -3.78. The van der Waals surface area contributed by atoms with E-state index in [0.29, 0.717) is 11.4 Å². The lowest BCUT2D eigenvalue weighted by atomic mass is 10.1. The fourth-order valence-corrected chi connectivity index (χ4v) is 3.30. The molecular formula is C24H23N3O2. The van der Waals surface area contributed by atoms with E-state index < -0.39 is 5.91 Å². The number of amides is 1. The summed E-state index contributed by atoms with van der Waals surface area (Å²) in [5.41, 5.74) is 5.74. The Morgan fingerprint density at radius 1 is 1.10 bits per heavy atom. The summed E-state index contributed by atoms with van der Waals surface area (Å²) in [4.78, 5) is 12.6. The molecule has 1 aromatic heterocycles. The molecule has 1 amide bonds. The van der Waals surface area contributed by atoms with Crippen LogP contribution in [-0.2, 0) is 4.79 Å². The number of methoxy groups -OCH3 is 1. The van der Waals surface area contributed by atoms with Crippen molar-refractivity contribution in [2.75, 3.05) is 12.4 Å². The van der Waals surface area contributed by atoms with E-state index in [1.807, 2.05) is 38.1 Å². The highest BCUT2D eigenvalue weighted by Gasteiger charge is 2.14. The van der Waals surface area contributed by atoms with Crippen LogP contribution in [0.25, 0.3) is 11.8 Å². The number of aromatic nitrogens is 1. The number of ether oxygens (including phenoxy) is 1. The highest BCUT2D eigenvalue weighted by atomic mass is 16.5. The van der Waals surface area contributed by atoms with E-state index in [0.717, 1.165) is 28.2 Å². The summed E-state index contributed by atoms with van der Waals surface area (Å²) in [6.45, 7) is 6.06. The molecule has 0 spiro atoms. The second-order valence-electron chi connectivity index (χ2n) is 6.80. The number of rotatable bonds is 5. The first-order valence-corrected chi connectivity index (χ1v) is 9.26. The average Bonchev–Trinajstić information content (AvgIpc) is 3.00. The van der Waals surface area contributed by atoms with E-state index in [-0.39, 0.29) is 5.57 Å². The molecule has 0 radical (unpaired) electrons. The van der Waals surface area contributed by atoms with E-state index in [4.69, 9.17) is 4.74 Å². The third-order valence-corrected chi connectivity index (χ3v) is 4.84. The Labute approximate surface area is 170 Å². The molecule has 3 aromatic rings. The zero-order chi connectivity index (χ0) is 21.0. The van der Waals surface area contributed by atoms with Crippen LogP contribution in [0.3, 0.4) is 0 Å². The molecule has 0 bridgehead atoms. The molecule has 0 aliphatic carbocycles. The molecule has 1 N–H and O–H groups in total. The van der Waals surface area contributed by atoms with Crippen molar-refractivity contribution in [3.05, 3.63) is 82.7 Å². The number of carbonyl (C=O) groups excluding carboxylic acids is 1. The predicted molar refractivity (Wildman–Crippen MR) is 115 cm³/mol. The van der Waals surface area contributed by atoms with Gasteiger partial charge in [-0.1, -0.05) is 18.2 Å². The summed E-state index contributed by atoms with van der Waals surface area (Å²) in [5.74, 6) is 0.251. The van der Waals surface area contributed by atoms with Crippen LogP contribution in [0.4, 0.5) is 5.69 Å². The van der Waals surface area contributed by atoms with Crippen LogP contribution in [0.2, 0.25) is 0 Å². The number of hydrogen-bond donors (Lipinski definition) is 1. The number of para-hydroxylation sites is 1. The third kappa shape index (κ3) is 4.22. The summed E-state index contributed by atoms with van der Waals surface area (Å²) in [6.07, 6.45) is 1.63. The second kappa shape index (κ2) is 8.49. The lowest BCUT2D eigenvalue weighted by molar-refractivity contribution is -0.112. The molecule has 146 valence electrons. The lowest BCUT2D eigenvalue weighted by Crippen LogP contribution is -2.13. The Balaban J connectivity index is 1.91. The molecule has 2 aromatic carbocycles. The van der Waals surface area contributed by atoms with Crippen LogP contribution in [0.5, 0.6) is 5.75 Å². The normalized spacial score (nSPS) is 11.1. The van der Waals surface area contributed by atoms with Gasteiger partial charge in [-0.15, -0.1) is 0 Å². The molecule has 0 fully saturated rings. The van der Waals surface area contributed by atoms with Crippen molar-refractivity contribution < 1.29 is 9.53 Å². The number of nitrogens with one attached hydrogen (secondary N) is 1. The fourth-order valence-electron chi connectivity index (χ4n) is 3.30. The Morgan fingerprint density at radius 3 is 2.41 bits per heavy atom. The first-order chi connectivity index (χ1) is 13.9. The number of aryl methyl sites for hydroxylation is 2. The molecule has 29 heavy (non-hydrogen) atoms. The van der Waals surface area contributed by atoms with Gasteiger partial charge in [0.1, 0.15) is 17.4 Å². The molecule has 0 unspecified atom stereocenters. The van der Waals surface area contributed by atoms with E-state index in [1.165, 1.54) is 0 Å². The van der Waals surface area contributed by atoms with Gasteiger partial charge in [-0.05, 0) is 74.4 Å². The maximum absolute atomic E-state index is 12.6. The van der Waals surface area contributed by atoms with Crippen LogP contribution in [0.15, 0.2) is 60.2 Å². The fraction of sp³-hybridized carbons (Fsp3) is 0.167. The quantitative estimate of drug-likeness (QED) is 0.499. The standard InChI is InChI=1S/C24H23N3O2/c1-16-7-5-6-8-23(16)27-17(2)13-19(18(27)3)14-20(15-25)24(28)26-21-9-11-22(29-4)12-10-21/h5-14H,1-4H3,(H,26,28)/b20-14+. The van der Waals surface area contributed by atoms with E-state index >= 15 is 0 Å². The Kier molecular flexibility index (Phi) is 5.85. The molecule has 0 aliphatic heterocycles. The van der Waals surface area contributed by atoms with E-state index in [1.54, 1.807) is 37.5 Å². The molecule has 0 saturated heterocycles. The van der Waals surface area contributed by atoms with Crippen LogP contribution in [-0.4, -0.2) is 17.6 Å². The number of anilines is 1.